The van der Waals surface area contributed by atoms with Gasteiger partial charge in [0.05, 0.1) is 0 Å². The molecule has 0 unspecified atom stereocenters. The lowest BCUT2D eigenvalue weighted by Gasteiger charge is -2.32. The molecular weight excluding hydrogens is 272 g/mol. The number of aromatic amines is 2. The van der Waals surface area contributed by atoms with Crippen molar-refractivity contribution in [2.75, 3.05) is 26.7 Å². The van der Waals surface area contributed by atoms with E-state index in [9.17, 15) is 14.4 Å². The number of carbonyl (C=O) groups excluding carboxylic acids is 1. The van der Waals surface area contributed by atoms with Crippen molar-refractivity contribution in [3.8, 4) is 0 Å². The Morgan fingerprint density at radius 3 is 2.67 bits per heavy atom. The summed E-state index contributed by atoms with van der Waals surface area (Å²) >= 11 is 0. The van der Waals surface area contributed by atoms with Gasteiger partial charge in [-0.05, 0) is 38.8 Å². The minimum atomic E-state index is -0.670. The molecule has 0 bridgehead atoms. The van der Waals surface area contributed by atoms with E-state index < -0.39 is 11.0 Å². The molecule has 1 aromatic rings. The van der Waals surface area contributed by atoms with Gasteiger partial charge in [-0.2, -0.15) is 0 Å². The smallest absolute Gasteiger partial charge is 0.310 e. The van der Waals surface area contributed by atoms with Crippen LogP contribution in [0.4, 0.5) is 0 Å². The fourth-order valence-corrected chi connectivity index (χ4v) is 2.67. The average molecular weight is 294 g/mol. The molecule has 0 aliphatic carbocycles. The van der Waals surface area contributed by atoms with Crippen LogP contribution in [0, 0.1) is 5.92 Å². The van der Waals surface area contributed by atoms with Gasteiger partial charge < -0.3 is 15.3 Å². The van der Waals surface area contributed by atoms with Gasteiger partial charge >= 0.3 is 5.56 Å². The molecule has 0 spiro atoms. The zero-order valence-electron chi connectivity index (χ0n) is 12.3. The lowest BCUT2D eigenvalue weighted by molar-refractivity contribution is -0.132. The van der Waals surface area contributed by atoms with Crippen molar-refractivity contribution in [1.29, 1.82) is 0 Å². The molecule has 0 saturated carbocycles. The van der Waals surface area contributed by atoms with Crippen molar-refractivity contribution >= 4 is 5.91 Å². The second-order valence-electron chi connectivity index (χ2n) is 5.49. The van der Waals surface area contributed by atoms with Crippen molar-refractivity contribution < 1.29 is 4.79 Å². The largest absolute Gasteiger partial charge is 0.343 e. The van der Waals surface area contributed by atoms with E-state index in [1.54, 1.807) is 0 Å². The summed E-state index contributed by atoms with van der Waals surface area (Å²) in [5, 5.41) is 8.08. The normalized spacial score (nSPS) is 16.1. The van der Waals surface area contributed by atoms with Crippen LogP contribution in [0.2, 0.25) is 0 Å². The van der Waals surface area contributed by atoms with Gasteiger partial charge in [0.1, 0.15) is 0 Å². The van der Waals surface area contributed by atoms with Crippen LogP contribution >= 0.6 is 0 Å². The summed E-state index contributed by atoms with van der Waals surface area (Å²) in [6, 6.07) is 1.26. The van der Waals surface area contributed by atoms with Crippen LogP contribution in [0.25, 0.3) is 0 Å². The van der Waals surface area contributed by atoms with Gasteiger partial charge in [-0.15, -0.1) is 0 Å². The first kappa shape index (κ1) is 15.5. The Hall–Kier alpha value is -1.89. The lowest BCUT2D eigenvalue weighted by Crippen LogP contribution is -2.40. The first-order valence-corrected chi connectivity index (χ1v) is 7.33. The average Bonchev–Trinajstić information content (AvgIpc) is 2.49. The molecule has 7 heteroatoms. The van der Waals surface area contributed by atoms with Crippen molar-refractivity contribution in [3.05, 3.63) is 32.3 Å². The molecule has 1 saturated heterocycles. The zero-order valence-corrected chi connectivity index (χ0v) is 12.3. The monoisotopic (exact) mass is 294 g/mol. The second-order valence-corrected chi connectivity index (χ2v) is 5.49. The molecule has 1 fully saturated rings. The molecule has 116 valence electrons. The van der Waals surface area contributed by atoms with Crippen LogP contribution in [0.1, 0.15) is 25.0 Å². The van der Waals surface area contributed by atoms with Gasteiger partial charge in [-0.25, -0.2) is 0 Å². The molecule has 7 nitrogen and oxygen atoms in total. The summed E-state index contributed by atoms with van der Waals surface area (Å²) in [5.41, 5.74) is -0.668. The molecule has 3 N–H and O–H groups in total. The highest BCUT2D eigenvalue weighted by atomic mass is 16.2. The summed E-state index contributed by atoms with van der Waals surface area (Å²) in [7, 11) is 1.95. The topological polar surface area (TPSA) is 98.1 Å². The van der Waals surface area contributed by atoms with E-state index in [1.165, 1.54) is 6.07 Å². The number of hydrogen-bond donors (Lipinski definition) is 3. The Balaban J connectivity index is 1.81. The number of nitrogens with one attached hydrogen (secondary N) is 3. The zero-order chi connectivity index (χ0) is 15.2. The highest BCUT2D eigenvalue weighted by molar-refractivity contribution is 5.76. The Kier molecular flexibility index (Phi) is 5.32. The van der Waals surface area contributed by atoms with E-state index >= 15 is 0 Å². The lowest BCUT2D eigenvalue weighted by atomic mass is 9.96. The fraction of sp³-hybridized carbons (Fsp3) is 0.643. The van der Waals surface area contributed by atoms with Crippen LogP contribution in [0.5, 0.6) is 0 Å². The Morgan fingerprint density at radius 1 is 1.33 bits per heavy atom. The Morgan fingerprint density at radius 2 is 2.05 bits per heavy atom. The Bertz CT molecular complexity index is 584. The van der Waals surface area contributed by atoms with E-state index in [-0.39, 0.29) is 5.91 Å². The minimum absolute atomic E-state index is 0.102. The number of hydrogen-bond acceptors (Lipinski definition) is 4. The van der Waals surface area contributed by atoms with E-state index in [2.05, 4.69) is 15.5 Å². The highest BCUT2D eigenvalue weighted by Crippen LogP contribution is 2.17. The molecule has 1 aromatic heterocycles. The number of piperidine rings is 1. The van der Waals surface area contributed by atoms with E-state index in [0.717, 1.165) is 32.5 Å². The first-order chi connectivity index (χ1) is 10.1. The molecule has 2 heterocycles. The molecular formula is C14H22N4O3. The van der Waals surface area contributed by atoms with Gasteiger partial charge in [-0.1, -0.05) is 0 Å². The minimum Gasteiger partial charge on any atom is -0.343 e. The molecule has 1 aliphatic heterocycles. The summed E-state index contributed by atoms with van der Waals surface area (Å²) in [6.07, 6.45) is 2.84. The van der Waals surface area contributed by atoms with Gasteiger partial charge in [0, 0.05) is 31.3 Å². The predicted molar refractivity (Wildman–Crippen MR) is 79.2 cm³/mol. The van der Waals surface area contributed by atoms with E-state index in [4.69, 9.17) is 0 Å². The van der Waals surface area contributed by atoms with Gasteiger partial charge in [-0.3, -0.25) is 19.5 Å². The highest BCUT2D eigenvalue weighted by Gasteiger charge is 2.22. The van der Waals surface area contributed by atoms with Crippen molar-refractivity contribution in [1.82, 2.24) is 20.4 Å². The number of likely N-dealkylation sites (tertiary alicyclic amines) is 1. The summed E-state index contributed by atoms with van der Waals surface area (Å²) in [4.78, 5) is 36.2. The molecule has 0 radical (unpaired) electrons. The fourth-order valence-electron chi connectivity index (χ4n) is 2.67. The first-order valence-electron chi connectivity index (χ1n) is 7.33. The van der Waals surface area contributed by atoms with Crippen molar-refractivity contribution in [3.63, 3.8) is 0 Å². The van der Waals surface area contributed by atoms with Gasteiger partial charge in [0.25, 0.3) is 0 Å². The second kappa shape index (κ2) is 7.21. The third-order valence-corrected chi connectivity index (χ3v) is 3.93. The number of carbonyl (C=O) groups is 1. The van der Waals surface area contributed by atoms with Crippen molar-refractivity contribution in [2.24, 2.45) is 5.92 Å². The number of aromatic nitrogens is 2. The third-order valence-electron chi connectivity index (χ3n) is 3.93. The number of amides is 1. The molecule has 2 rings (SSSR count). The maximum Gasteiger partial charge on any atom is 0.310 e. The van der Waals surface area contributed by atoms with Gasteiger partial charge in [0.2, 0.25) is 11.3 Å². The number of aryl methyl sites for hydroxylation is 1. The third kappa shape index (κ3) is 4.29. The number of rotatable bonds is 5. The van der Waals surface area contributed by atoms with Crippen LogP contribution in [-0.2, 0) is 11.2 Å². The summed E-state index contributed by atoms with van der Waals surface area (Å²) in [6.45, 7) is 2.60. The standard InChI is InChI=1S/C14H22N4O3/c1-15-9-10-4-6-18(7-5-10)13(20)3-2-11-8-12(19)14(21)17-16-11/h8,10,15H,2-7,9H2,1H3,(H,16,19)(H,17,21). The quantitative estimate of drug-likeness (QED) is 0.635. The van der Waals surface area contributed by atoms with E-state index in [0.29, 0.717) is 24.5 Å². The summed E-state index contributed by atoms with van der Waals surface area (Å²) in [5.74, 6) is 0.750. The molecule has 0 aromatic carbocycles. The van der Waals surface area contributed by atoms with Crippen LogP contribution < -0.4 is 16.3 Å². The molecule has 0 atom stereocenters. The SMILES string of the molecule is CNCC1CCN(C(=O)CCc2cc(=O)c(=O)[nH][nH]2)CC1. The van der Waals surface area contributed by atoms with Crippen LogP contribution in [-0.4, -0.2) is 47.7 Å². The van der Waals surface area contributed by atoms with Crippen LogP contribution in [0.15, 0.2) is 15.7 Å². The maximum atomic E-state index is 12.1. The van der Waals surface area contributed by atoms with Crippen molar-refractivity contribution in [2.45, 2.75) is 25.7 Å². The number of H-pyrrole nitrogens is 2. The Labute approximate surface area is 122 Å². The summed E-state index contributed by atoms with van der Waals surface area (Å²) < 4.78 is 0. The molecule has 21 heavy (non-hydrogen) atoms. The van der Waals surface area contributed by atoms with E-state index in [1.807, 2.05) is 11.9 Å². The predicted octanol–water partition coefficient (Wildman–Crippen LogP) is -0.546. The van der Waals surface area contributed by atoms with Crippen LogP contribution in [0.3, 0.4) is 0 Å². The molecule has 1 amide bonds. The molecule has 1 aliphatic rings. The maximum absolute atomic E-state index is 12.1. The number of nitrogens with zero attached hydrogens (tertiary/aromatic N) is 1. The van der Waals surface area contributed by atoms with Gasteiger partial charge in [0.15, 0.2) is 0 Å².